The minimum Gasteiger partial charge on any atom is -0.478 e. The van der Waals surface area contributed by atoms with Crippen LogP contribution in [-0.2, 0) is 23.9 Å². The van der Waals surface area contributed by atoms with Gasteiger partial charge in [0, 0.05) is 30.8 Å². The highest BCUT2D eigenvalue weighted by Gasteiger charge is 2.76. The van der Waals surface area contributed by atoms with Crippen LogP contribution in [0.5, 0.6) is 0 Å². The Labute approximate surface area is 249 Å². The number of ether oxygens (including phenoxy) is 2. The van der Waals surface area contributed by atoms with Gasteiger partial charge in [-0.05, 0) is 86.5 Å². The van der Waals surface area contributed by atoms with Gasteiger partial charge < -0.3 is 29.9 Å². The number of carboxylic acid groups (broad SMARTS) is 1. The van der Waals surface area contributed by atoms with Crippen molar-refractivity contribution in [2.45, 2.75) is 124 Å². The number of carbonyl (C=O) groups is 3. The lowest BCUT2D eigenvalue weighted by atomic mass is 9.35. The molecule has 0 unspecified atom stereocenters. The topological polar surface area (TPSA) is 151 Å². The largest absolute Gasteiger partial charge is 0.478 e. The zero-order valence-corrected chi connectivity index (χ0v) is 26.3. The molecule has 0 spiro atoms. The third-order valence-corrected chi connectivity index (χ3v) is 11.9. The number of aliphatic carboxylic acids is 1. The van der Waals surface area contributed by atoms with E-state index in [-0.39, 0.29) is 30.8 Å². The highest BCUT2D eigenvalue weighted by molar-refractivity contribution is 5.88. The predicted octanol–water partition coefficient (Wildman–Crippen LogP) is 4.18. The Morgan fingerprint density at radius 1 is 0.976 bits per heavy atom. The molecule has 9 heteroatoms. The van der Waals surface area contributed by atoms with E-state index in [1.807, 2.05) is 40.7 Å². The molecule has 0 heterocycles. The van der Waals surface area contributed by atoms with Crippen molar-refractivity contribution in [3.8, 4) is 0 Å². The molecule has 12 atom stereocenters. The monoisotopic (exact) mass is 590 g/mol. The van der Waals surface area contributed by atoms with Gasteiger partial charge in [0.1, 0.15) is 12.2 Å². The molecule has 0 aromatic carbocycles. The number of aliphatic hydroxyl groups excluding tert-OH is 3. The molecular formula is C33H50O9. The molecule has 4 saturated carbocycles. The van der Waals surface area contributed by atoms with Gasteiger partial charge >= 0.3 is 17.9 Å². The second-order valence-electron chi connectivity index (χ2n) is 14.4. The molecule has 4 N–H and O–H groups in total. The maximum atomic E-state index is 12.7. The van der Waals surface area contributed by atoms with Crippen LogP contribution >= 0.6 is 0 Å². The lowest BCUT2D eigenvalue weighted by molar-refractivity contribution is -0.307. The average Bonchev–Trinajstić information content (AvgIpc) is 3.13. The standard InChI is InChI=1S/C33H50O9/c1-16(2)10-9-11-20(30(39)40)25-21-14-23(37)28-31(6)13-12-22(36)17(3)26(31)27(42-19(5)35)29(38)33(28,8)32(21,7)15-24(25)41-18(4)34/h10,17,21-24,26-29,36-38H,9,11-15H2,1-8H3,(H,39,40)/b25-20-/t17-,21-,22-,23+,24+,26+,27-,28+,29+,31+,32+,33-/m1/s1. The third-order valence-electron chi connectivity index (χ3n) is 11.9. The molecule has 236 valence electrons. The van der Waals surface area contributed by atoms with E-state index in [1.54, 1.807) is 0 Å². The Morgan fingerprint density at radius 2 is 1.60 bits per heavy atom. The number of aliphatic hydroxyl groups is 3. The Hall–Kier alpha value is -2.23. The Morgan fingerprint density at radius 3 is 2.14 bits per heavy atom. The van der Waals surface area contributed by atoms with Crippen LogP contribution in [0.1, 0.15) is 93.9 Å². The molecule has 0 saturated heterocycles. The van der Waals surface area contributed by atoms with Gasteiger partial charge in [0.25, 0.3) is 0 Å². The van der Waals surface area contributed by atoms with Crippen molar-refractivity contribution in [1.82, 2.24) is 0 Å². The Kier molecular flexibility index (Phi) is 8.84. The zero-order chi connectivity index (χ0) is 31.5. The summed E-state index contributed by atoms with van der Waals surface area (Å²) in [5.41, 5.74) is -0.694. The summed E-state index contributed by atoms with van der Waals surface area (Å²) >= 11 is 0. The van der Waals surface area contributed by atoms with Crippen LogP contribution in [0.4, 0.5) is 0 Å². The molecule has 4 aliphatic carbocycles. The number of allylic oxidation sites excluding steroid dienone is 2. The van der Waals surface area contributed by atoms with E-state index in [0.717, 1.165) is 5.57 Å². The molecule has 0 radical (unpaired) electrons. The van der Waals surface area contributed by atoms with E-state index in [0.29, 0.717) is 24.8 Å². The van der Waals surface area contributed by atoms with E-state index in [4.69, 9.17) is 9.47 Å². The van der Waals surface area contributed by atoms with Crippen molar-refractivity contribution in [3.05, 3.63) is 22.8 Å². The molecule has 0 aromatic heterocycles. The van der Waals surface area contributed by atoms with E-state index in [2.05, 4.69) is 6.92 Å². The summed E-state index contributed by atoms with van der Waals surface area (Å²) in [7, 11) is 0. The molecular weight excluding hydrogens is 540 g/mol. The van der Waals surface area contributed by atoms with Gasteiger partial charge in [-0.2, -0.15) is 0 Å². The first-order valence-electron chi connectivity index (χ1n) is 15.4. The second kappa shape index (κ2) is 11.4. The van der Waals surface area contributed by atoms with Crippen molar-refractivity contribution < 1.29 is 44.3 Å². The summed E-state index contributed by atoms with van der Waals surface area (Å²) in [6.45, 7) is 14.4. The lowest BCUT2D eigenvalue weighted by Gasteiger charge is -2.71. The summed E-state index contributed by atoms with van der Waals surface area (Å²) in [4.78, 5) is 37.5. The van der Waals surface area contributed by atoms with Crippen LogP contribution in [0.3, 0.4) is 0 Å². The van der Waals surface area contributed by atoms with Gasteiger partial charge in [0.05, 0.1) is 18.3 Å². The zero-order valence-electron chi connectivity index (χ0n) is 26.3. The maximum Gasteiger partial charge on any atom is 0.331 e. The number of carbonyl (C=O) groups excluding carboxylic acids is 2. The SMILES string of the molecule is CC(=O)O[C@@H]1[C@@H]2[C@H](C)[C@H](O)CC[C@]2(C)[C@@H]2[C@@H](O)C[C@@H]3/C(=C(\CCC=C(C)C)C(=O)O)[C@@H](OC(C)=O)C[C@]3(C)[C@@]2(C)[C@H]1O. The number of hydrogen-bond donors (Lipinski definition) is 4. The number of esters is 2. The van der Waals surface area contributed by atoms with Crippen LogP contribution in [0, 0.1) is 39.9 Å². The summed E-state index contributed by atoms with van der Waals surface area (Å²) < 4.78 is 11.7. The molecule has 4 fully saturated rings. The molecule has 0 aliphatic heterocycles. The molecule has 9 nitrogen and oxygen atoms in total. The minimum absolute atomic E-state index is 0.182. The summed E-state index contributed by atoms with van der Waals surface area (Å²) in [6.07, 6.45) is -0.167. The van der Waals surface area contributed by atoms with Gasteiger partial charge in [0.15, 0.2) is 0 Å². The fraction of sp³-hybridized carbons (Fsp3) is 0.788. The lowest BCUT2D eigenvalue weighted by Crippen LogP contribution is -2.74. The maximum absolute atomic E-state index is 12.7. The van der Waals surface area contributed by atoms with Gasteiger partial charge in [0.2, 0.25) is 0 Å². The highest BCUT2D eigenvalue weighted by Crippen LogP contribution is 2.74. The highest BCUT2D eigenvalue weighted by atomic mass is 16.6. The van der Waals surface area contributed by atoms with Crippen LogP contribution in [0.15, 0.2) is 22.8 Å². The van der Waals surface area contributed by atoms with E-state index < -0.39 is 82.4 Å². The van der Waals surface area contributed by atoms with Crippen LogP contribution < -0.4 is 0 Å². The smallest absolute Gasteiger partial charge is 0.331 e. The predicted molar refractivity (Wildman–Crippen MR) is 155 cm³/mol. The Bertz CT molecular complexity index is 1170. The van der Waals surface area contributed by atoms with Gasteiger partial charge in [-0.15, -0.1) is 0 Å². The molecule has 0 amide bonds. The first-order valence-corrected chi connectivity index (χ1v) is 15.4. The van der Waals surface area contributed by atoms with Crippen molar-refractivity contribution in [2.24, 2.45) is 39.9 Å². The first kappa shape index (κ1) is 32.7. The molecule has 0 aromatic rings. The summed E-state index contributed by atoms with van der Waals surface area (Å²) in [5.74, 6) is -3.76. The van der Waals surface area contributed by atoms with Gasteiger partial charge in [-0.3, -0.25) is 9.59 Å². The van der Waals surface area contributed by atoms with Crippen LogP contribution in [0.2, 0.25) is 0 Å². The Balaban J connectivity index is 1.94. The second-order valence-corrected chi connectivity index (χ2v) is 14.4. The van der Waals surface area contributed by atoms with E-state index in [9.17, 15) is 34.8 Å². The minimum atomic E-state index is -1.21. The van der Waals surface area contributed by atoms with Crippen LogP contribution in [-0.4, -0.2) is 68.9 Å². The van der Waals surface area contributed by atoms with Crippen molar-refractivity contribution in [1.29, 1.82) is 0 Å². The van der Waals surface area contributed by atoms with Gasteiger partial charge in [-0.1, -0.05) is 39.3 Å². The quantitative estimate of drug-likeness (QED) is 0.203. The third kappa shape index (κ3) is 4.93. The molecule has 42 heavy (non-hydrogen) atoms. The molecule has 4 rings (SSSR count). The number of fused-ring (bicyclic) bond motifs is 5. The number of rotatable bonds is 6. The van der Waals surface area contributed by atoms with Gasteiger partial charge in [-0.25, -0.2) is 4.79 Å². The fourth-order valence-corrected chi connectivity index (χ4v) is 10.2. The molecule has 4 aliphatic rings. The summed E-state index contributed by atoms with van der Waals surface area (Å²) in [5, 5.41) is 45.7. The number of hydrogen-bond acceptors (Lipinski definition) is 8. The average molecular weight is 591 g/mol. The van der Waals surface area contributed by atoms with Crippen molar-refractivity contribution >= 4 is 17.9 Å². The first-order chi connectivity index (χ1) is 19.4. The van der Waals surface area contributed by atoms with E-state index >= 15 is 0 Å². The fourth-order valence-electron chi connectivity index (χ4n) is 10.2. The molecule has 0 bridgehead atoms. The van der Waals surface area contributed by atoms with Crippen molar-refractivity contribution in [2.75, 3.05) is 0 Å². The van der Waals surface area contributed by atoms with Crippen molar-refractivity contribution in [3.63, 3.8) is 0 Å². The van der Waals surface area contributed by atoms with E-state index in [1.165, 1.54) is 13.8 Å². The summed E-state index contributed by atoms with van der Waals surface area (Å²) in [6, 6.07) is 0. The van der Waals surface area contributed by atoms with Crippen LogP contribution in [0.25, 0.3) is 0 Å². The normalized spacial score (nSPS) is 45.5. The number of carboxylic acids is 1.